The maximum atomic E-state index is 13.7. The van der Waals surface area contributed by atoms with Crippen LogP contribution in [0.2, 0.25) is 0 Å². The van der Waals surface area contributed by atoms with Crippen molar-refractivity contribution in [1.29, 1.82) is 5.26 Å². The summed E-state index contributed by atoms with van der Waals surface area (Å²) >= 11 is 3.28. The second-order valence-electron chi connectivity index (χ2n) is 4.27. The van der Waals surface area contributed by atoms with E-state index < -0.39 is 6.04 Å². The predicted octanol–water partition coefficient (Wildman–Crippen LogP) is 2.92. The van der Waals surface area contributed by atoms with Crippen LogP contribution in [0.3, 0.4) is 0 Å². The van der Waals surface area contributed by atoms with Crippen LogP contribution >= 0.6 is 15.9 Å². The maximum absolute atomic E-state index is 13.7. The molecule has 0 amide bonds. The van der Waals surface area contributed by atoms with Crippen LogP contribution in [0.15, 0.2) is 22.7 Å². The standard InChI is InChI=1S/C13H14BrFN2O/c14-9-3-4-12(15)11(6-9)13(7-16)17-8-10-2-1-5-18-10/h3-4,6,10,13,17H,1-2,5,8H2. The van der Waals surface area contributed by atoms with Crippen LogP contribution in [-0.2, 0) is 4.74 Å². The van der Waals surface area contributed by atoms with E-state index in [9.17, 15) is 4.39 Å². The van der Waals surface area contributed by atoms with E-state index in [2.05, 4.69) is 27.3 Å². The van der Waals surface area contributed by atoms with Gasteiger partial charge in [0.2, 0.25) is 0 Å². The highest BCUT2D eigenvalue weighted by Gasteiger charge is 2.20. The van der Waals surface area contributed by atoms with E-state index in [-0.39, 0.29) is 11.9 Å². The van der Waals surface area contributed by atoms with Crippen molar-refractivity contribution in [3.05, 3.63) is 34.1 Å². The molecule has 1 fully saturated rings. The van der Waals surface area contributed by atoms with E-state index in [0.29, 0.717) is 12.1 Å². The van der Waals surface area contributed by atoms with Gasteiger partial charge in [-0.3, -0.25) is 5.32 Å². The molecule has 18 heavy (non-hydrogen) atoms. The summed E-state index contributed by atoms with van der Waals surface area (Å²) in [6, 6.07) is 6.04. The van der Waals surface area contributed by atoms with Crippen molar-refractivity contribution in [2.24, 2.45) is 0 Å². The molecule has 1 aromatic rings. The molecule has 1 aliphatic rings. The van der Waals surface area contributed by atoms with E-state index in [1.807, 2.05) is 0 Å². The number of nitriles is 1. The Hall–Kier alpha value is -0.960. The van der Waals surface area contributed by atoms with Crippen LogP contribution in [0.1, 0.15) is 24.4 Å². The zero-order valence-corrected chi connectivity index (χ0v) is 11.4. The summed E-state index contributed by atoms with van der Waals surface area (Å²) in [5.74, 6) is -0.371. The number of hydrogen-bond acceptors (Lipinski definition) is 3. The first-order chi connectivity index (χ1) is 8.70. The van der Waals surface area contributed by atoms with Gasteiger partial charge in [-0.1, -0.05) is 15.9 Å². The summed E-state index contributed by atoms with van der Waals surface area (Å²) in [7, 11) is 0. The van der Waals surface area contributed by atoms with Gasteiger partial charge in [0.1, 0.15) is 11.9 Å². The Morgan fingerprint density at radius 1 is 1.61 bits per heavy atom. The molecule has 1 aromatic carbocycles. The molecule has 0 saturated carbocycles. The molecule has 2 rings (SSSR count). The minimum Gasteiger partial charge on any atom is -0.377 e. The van der Waals surface area contributed by atoms with Crippen molar-refractivity contribution in [3.8, 4) is 6.07 Å². The van der Waals surface area contributed by atoms with E-state index in [0.717, 1.165) is 23.9 Å². The molecule has 3 nitrogen and oxygen atoms in total. The first-order valence-corrected chi connectivity index (χ1v) is 6.69. The summed E-state index contributed by atoms with van der Waals surface area (Å²) in [6.45, 7) is 1.35. The van der Waals surface area contributed by atoms with Gasteiger partial charge in [0, 0.05) is 23.2 Å². The topological polar surface area (TPSA) is 45.0 Å². The van der Waals surface area contributed by atoms with Gasteiger partial charge in [-0.15, -0.1) is 0 Å². The van der Waals surface area contributed by atoms with Crippen molar-refractivity contribution in [3.63, 3.8) is 0 Å². The maximum Gasteiger partial charge on any atom is 0.129 e. The van der Waals surface area contributed by atoms with Crippen molar-refractivity contribution in [2.45, 2.75) is 25.0 Å². The molecule has 1 aliphatic heterocycles. The summed E-state index contributed by atoms with van der Waals surface area (Å²) in [4.78, 5) is 0. The highest BCUT2D eigenvalue weighted by atomic mass is 79.9. The number of nitrogens with zero attached hydrogens (tertiary/aromatic N) is 1. The molecule has 1 saturated heterocycles. The highest BCUT2D eigenvalue weighted by Crippen LogP contribution is 2.22. The SMILES string of the molecule is N#CC(NCC1CCCO1)c1cc(Br)ccc1F. The number of nitrogens with one attached hydrogen (secondary N) is 1. The number of benzene rings is 1. The van der Waals surface area contributed by atoms with Gasteiger partial charge in [-0.2, -0.15) is 5.26 Å². The molecule has 0 aliphatic carbocycles. The summed E-state index contributed by atoms with van der Waals surface area (Å²) < 4.78 is 19.9. The molecular formula is C13H14BrFN2O. The number of rotatable bonds is 4. The zero-order chi connectivity index (χ0) is 13.0. The third-order valence-corrected chi connectivity index (χ3v) is 3.47. The fraction of sp³-hybridized carbons (Fsp3) is 0.462. The Morgan fingerprint density at radius 2 is 2.44 bits per heavy atom. The molecule has 0 aromatic heterocycles. The Labute approximate surface area is 114 Å². The van der Waals surface area contributed by atoms with E-state index in [1.165, 1.54) is 6.07 Å². The lowest BCUT2D eigenvalue weighted by atomic mass is 10.1. The van der Waals surface area contributed by atoms with Gasteiger partial charge in [-0.25, -0.2) is 4.39 Å². The smallest absolute Gasteiger partial charge is 0.129 e. The average molecular weight is 313 g/mol. The molecule has 1 N–H and O–H groups in total. The zero-order valence-electron chi connectivity index (χ0n) is 9.83. The predicted molar refractivity (Wildman–Crippen MR) is 69.4 cm³/mol. The summed E-state index contributed by atoms with van der Waals surface area (Å²) in [6.07, 6.45) is 2.18. The first-order valence-electron chi connectivity index (χ1n) is 5.90. The van der Waals surface area contributed by atoms with Gasteiger partial charge in [0.25, 0.3) is 0 Å². The normalized spacial score (nSPS) is 20.6. The number of halogens is 2. The lowest BCUT2D eigenvalue weighted by Gasteiger charge is -2.16. The van der Waals surface area contributed by atoms with Crippen LogP contribution < -0.4 is 5.32 Å². The quantitative estimate of drug-likeness (QED) is 0.929. The van der Waals surface area contributed by atoms with Crippen molar-refractivity contribution < 1.29 is 9.13 Å². The molecule has 2 unspecified atom stereocenters. The second-order valence-corrected chi connectivity index (χ2v) is 5.19. The molecular weight excluding hydrogens is 299 g/mol. The number of ether oxygens (including phenoxy) is 1. The van der Waals surface area contributed by atoms with Gasteiger partial charge >= 0.3 is 0 Å². The van der Waals surface area contributed by atoms with E-state index in [1.54, 1.807) is 12.1 Å². The minimum absolute atomic E-state index is 0.135. The van der Waals surface area contributed by atoms with Crippen molar-refractivity contribution >= 4 is 15.9 Å². The van der Waals surface area contributed by atoms with Crippen LogP contribution in [0, 0.1) is 17.1 Å². The molecule has 5 heteroatoms. The van der Waals surface area contributed by atoms with Crippen molar-refractivity contribution in [1.82, 2.24) is 5.32 Å². The van der Waals surface area contributed by atoms with E-state index in [4.69, 9.17) is 10.00 Å². The summed E-state index contributed by atoms with van der Waals surface area (Å²) in [5, 5.41) is 12.2. The van der Waals surface area contributed by atoms with E-state index >= 15 is 0 Å². The number of hydrogen-bond donors (Lipinski definition) is 1. The Morgan fingerprint density at radius 3 is 3.11 bits per heavy atom. The lowest BCUT2D eigenvalue weighted by molar-refractivity contribution is 0.109. The molecule has 0 radical (unpaired) electrons. The Bertz CT molecular complexity index is 455. The first kappa shape index (κ1) is 13.5. The monoisotopic (exact) mass is 312 g/mol. The molecule has 1 heterocycles. The molecule has 96 valence electrons. The van der Waals surface area contributed by atoms with Crippen molar-refractivity contribution in [2.75, 3.05) is 13.2 Å². The van der Waals surface area contributed by atoms with Crippen LogP contribution in [0.5, 0.6) is 0 Å². The van der Waals surface area contributed by atoms with Crippen LogP contribution in [0.4, 0.5) is 4.39 Å². The van der Waals surface area contributed by atoms with Gasteiger partial charge in [-0.05, 0) is 31.0 Å². The lowest BCUT2D eigenvalue weighted by Crippen LogP contribution is -2.29. The van der Waals surface area contributed by atoms with Gasteiger partial charge < -0.3 is 4.74 Å². The fourth-order valence-electron chi connectivity index (χ4n) is 2.02. The minimum atomic E-state index is -0.647. The third kappa shape index (κ3) is 3.29. The fourth-order valence-corrected chi connectivity index (χ4v) is 2.39. The summed E-state index contributed by atoms with van der Waals surface area (Å²) in [5.41, 5.74) is 0.366. The van der Waals surface area contributed by atoms with Gasteiger partial charge in [0.15, 0.2) is 0 Å². The second kappa shape index (κ2) is 6.28. The Kier molecular flexibility index (Phi) is 4.70. The average Bonchev–Trinajstić information content (AvgIpc) is 2.87. The van der Waals surface area contributed by atoms with Crippen LogP contribution in [-0.4, -0.2) is 19.3 Å². The largest absolute Gasteiger partial charge is 0.377 e. The Balaban J connectivity index is 2.03. The molecule has 2 atom stereocenters. The van der Waals surface area contributed by atoms with Gasteiger partial charge in [0.05, 0.1) is 12.2 Å². The molecule has 0 spiro atoms. The third-order valence-electron chi connectivity index (χ3n) is 2.97. The highest BCUT2D eigenvalue weighted by molar-refractivity contribution is 9.10. The van der Waals surface area contributed by atoms with Crippen LogP contribution in [0.25, 0.3) is 0 Å². The molecule has 0 bridgehead atoms.